The number of methoxy groups -OCH3 is 1. The molecule has 1 aromatic carbocycles. The zero-order valence-corrected chi connectivity index (χ0v) is 14.1. The van der Waals surface area contributed by atoms with Gasteiger partial charge in [0.15, 0.2) is 6.61 Å². The molecule has 0 atom stereocenters. The summed E-state index contributed by atoms with van der Waals surface area (Å²) in [4.78, 5) is 23.3. The van der Waals surface area contributed by atoms with E-state index >= 15 is 0 Å². The van der Waals surface area contributed by atoms with E-state index in [0.29, 0.717) is 0 Å². The first-order valence-corrected chi connectivity index (χ1v) is 8.08. The Kier molecular flexibility index (Phi) is 5.73. The summed E-state index contributed by atoms with van der Waals surface area (Å²) < 4.78 is 37.5. The maximum Gasteiger partial charge on any atom is 0.344 e. The highest BCUT2D eigenvalue weighted by molar-refractivity contribution is 7.89. The molecule has 0 saturated carbocycles. The van der Waals surface area contributed by atoms with Crippen LogP contribution in [-0.4, -0.2) is 39.7 Å². The van der Waals surface area contributed by atoms with Crippen molar-refractivity contribution in [3.05, 3.63) is 23.8 Å². The van der Waals surface area contributed by atoms with Crippen LogP contribution in [0.5, 0.6) is 5.75 Å². The van der Waals surface area contributed by atoms with Crippen LogP contribution in [0.15, 0.2) is 23.1 Å². The zero-order chi connectivity index (χ0) is 17.8. The summed E-state index contributed by atoms with van der Waals surface area (Å²) in [7, 11) is -2.69. The second kappa shape index (κ2) is 6.97. The highest BCUT2D eigenvalue weighted by Crippen LogP contribution is 2.22. The molecular formula is C14H19NO7S. The molecule has 0 aliphatic carbocycles. The molecule has 1 aromatic rings. The average molecular weight is 345 g/mol. The first-order valence-electron chi connectivity index (χ1n) is 6.54. The SMILES string of the molecule is COc1ccc(S(N)(=O)=O)cc1C(=O)OCC(=O)OC(C)(C)C. The Balaban J connectivity index is 2.93. The van der Waals surface area contributed by atoms with Gasteiger partial charge in [-0.05, 0) is 39.0 Å². The molecule has 1 rings (SSSR count). The van der Waals surface area contributed by atoms with Gasteiger partial charge in [-0.3, -0.25) is 0 Å². The molecule has 8 nitrogen and oxygen atoms in total. The first-order chi connectivity index (χ1) is 10.4. The van der Waals surface area contributed by atoms with Crippen LogP contribution in [0.1, 0.15) is 31.1 Å². The third-order valence-corrected chi connectivity index (χ3v) is 3.37. The molecule has 0 aliphatic heterocycles. The van der Waals surface area contributed by atoms with Gasteiger partial charge in [0.05, 0.1) is 12.0 Å². The molecule has 0 spiro atoms. The van der Waals surface area contributed by atoms with E-state index in [1.165, 1.54) is 19.2 Å². The predicted molar refractivity (Wildman–Crippen MR) is 80.5 cm³/mol. The summed E-state index contributed by atoms with van der Waals surface area (Å²) in [5.41, 5.74) is -0.878. The number of sulfonamides is 1. The number of carbonyl (C=O) groups is 2. The molecule has 0 amide bonds. The lowest BCUT2D eigenvalue weighted by Gasteiger charge is -2.19. The Labute approximate surface area is 134 Å². The fraction of sp³-hybridized carbons (Fsp3) is 0.429. The van der Waals surface area contributed by atoms with E-state index in [0.717, 1.165) is 6.07 Å². The van der Waals surface area contributed by atoms with Gasteiger partial charge in [0, 0.05) is 0 Å². The van der Waals surface area contributed by atoms with Crippen molar-refractivity contribution in [1.82, 2.24) is 0 Å². The molecule has 9 heteroatoms. The van der Waals surface area contributed by atoms with E-state index in [1.54, 1.807) is 20.8 Å². The maximum atomic E-state index is 12.0. The number of hydrogen-bond donors (Lipinski definition) is 1. The molecule has 0 saturated heterocycles. The minimum absolute atomic E-state index is 0.0894. The maximum absolute atomic E-state index is 12.0. The largest absolute Gasteiger partial charge is 0.496 e. The van der Waals surface area contributed by atoms with E-state index in [-0.39, 0.29) is 16.2 Å². The zero-order valence-electron chi connectivity index (χ0n) is 13.3. The van der Waals surface area contributed by atoms with Crippen LogP contribution in [-0.2, 0) is 24.3 Å². The Morgan fingerprint density at radius 2 is 1.83 bits per heavy atom. The van der Waals surface area contributed by atoms with Gasteiger partial charge in [-0.25, -0.2) is 23.1 Å². The van der Waals surface area contributed by atoms with Crippen LogP contribution in [0.3, 0.4) is 0 Å². The fourth-order valence-electron chi connectivity index (χ4n) is 1.60. The predicted octanol–water partition coefficient (Wildman–Crippen LogP) is 0.841. The van der Waals surface area contributed by atoms with Gasteiger partial charge in [0.25, 0.3) is 0 Å². The number of rotatable bonds is 5. The number of esters is 2. The molecule has 0 aromatic heterocycles. The number of nitrogens with two attached hydrogens (primary N) is 1. The lowest BCUT2D eigenvalue weighted by Crippen LogP contribution is -2.27. The fourth-order valence-corrected chi connectivity index (χ4v) is 2.14. The van der Waals surface area contributed by atoms with Gasteiger partial charge in [-0.15, -0.1) is 0 Å². The van der Waals surface area contributed by atoms with Crippen LogP contribution in [0, 0.1) is 0 Å². The minimum atomic E-state index is -3.99. The van der Waals surface area contributed by atoms with Gasteiger partial charge in [0.1, 0.15) is 16.9 Å². The normalized spacial score (nSPS) is 11.7. The van der Waals surface area contributed by atoms with Gasteiger partial charge < -0.3 is 14.2 Å². The Morgan fingerprint density at radius 1 is 1.22 bits per heavy atom. The molecule has 23 heavy (non-hydrogen) atoms. The summed E-state index contributed by atoms with van der Waals surface area (Å²) in [5.74, 6) is -1.57. The van der Waals surface area contributed by atoms with Crippen LogP contribution in [0.25, 0.3) is 0 Å². The highest BCUT2D eigenvalue weighted by Gasteiger charge is 2.21. The number of hydrogen-bond acceptors (Lipinski definition) is 7. The molecular weight excluding hydrogens is 326 g/mol. The van der Waals surface area contributed by atoms with Gasteiger partial charge >= 0.3 is 11.9 Å². The summed E-state index contributed by atoms with van der Waals surface area (Å²) in [6.45, 7) is 4.40. The number of benzene rings is 1. The van der Waals surface area contributed by atoms with Crippen LogP contribution < -0.4 is 9.88 Å². The summed E-state index contributed by atoms with van der Waals surface area (Å²) in [6.07, 6.45) is 0. The third-order valence-electron chi connectivity index (χ3n) is 2.46. The molecule has 0 fully saturated rings. The van der Waals surface area contributed by atoms with Crippen molar-refractivity contribution in [1.29, 1.82) is 0 Å². The Morgan fingerprint density at radius 3 is 2.30 bits per heavy atom. The van der Waals surface area contributed by atoms with E-state index in [1.807, 2.05) is 0 Å². The quantitative estimate of drug-likeness (QED) is 0.785. The Hall–Kier alpha value is -2.13. The standard InChI is InChI=1S/C14H19NO7S/c1-14(2,3)22-12(16)8-21-13(17)10-7-9(23(15,18)19)5-6-11(10)20-4/h5-7H,8H2,1-4H3,(H2,15,18,19). The van der Waals surface area contributed by atoms with Crippen molar-refractivity contribution in [3.8, 4) is 5.75 Å². The van der Waals surface area contributed by atoms with Crippen LogP contribution in [0.4, 0.5) is 0 Å². The van der Waals surface area contributed by atoms with Crippen molar-refractivity contribution in [2.75, 3.05) is 13.7 Å². The van der Waals surface area contributed by atoms with Crippen LogP contribution >= 0.6 is 0 Å². The van der Waals surface area contributed by atoms with E-state index in [9.17, 15) is 18.0 Å². The van der Waals surface area contributed by atoms with Crippen molar-refractivity contribution >= 4 is 22.0 Å². The molecule has 2 N–H and O–H groups in total. The third kappa shape index (κ3) is 5.87. The van der Waals surface area contributed by atoms with Gasteiger partial charge in [0.2, 0.25) is 10.0 Å². The first kappa shape index (κ1) is 18.9. The van der Waals surface area contributed by atoms with Crippen LogP contribution in [0.2, 0.25) is 0 Å². The summed E-state index contributed by atoms with van der Waals surface area (Å²) in [5, 5.41) is 5.01. The number of ether oxygens (including phenoxy) is 3. The monoisotopic (exact) mass is 345 g/mol. The molecule has 0 unspecified atom stereocenters. The number of primary sulfonamides is 1. The van der Waals surface area contributed by atoms with E-state index < -0.39 is 34.2 Å². The molecule has 0 aliphatic rings. The minimum Gasteiger partial charge on any atom is -0.496 e. The molecule has 0 radical (unpaired) electrons. The molecule has 128 valence electrons. The average Bonchev–Trinajstić information content (AvgIpc) is 2.41. The Bertz CT molecular complexity index is 704. The molecule has 0 heterocycles. The van der Waals surface area contributed by atoms with E-state index in [2.05, 4.69) is 0 Å². The topological polar surface area (TPSA) is 122 Å². The van der Waals surface area contributed by atoms with Crippen molar-refractivity contribution < 1.29 is 32.2 Å². The lowest BCUT2D eigenvalue weighted by atomic mass is 10.2. The molecule has 0 bridgehead atoms. The van der Waals surface area contributed by atoms with Gasteiger partial charge in [-0.2, -0.15) is 0 Å². The highest BCUT2D eigenvalue weighted by atomic mass is 32.2. The smallest absolute Gasteiger partial charge is 0.344 e. The van der Waals surface area contributed by atoms with Crippen molar-refractivity contribution in [2.45, 2.75) is 31.3 Å². The van der Waals surface area contributed by atoms with Gasteiger partial charge in [-0.1, -0.05) is 0 Å². The summed E-state index contributed by atoms with van der Waals surface area (Å²) in [6, 6.07) is 3.48. The second-order valence-electron chi connectivity index (χ2n) is 5.57. The van der Waals surface area contributed by atoms with E-state index in [4.69, 9.17) is 19.3 Å². The second-order valence-corrected chi connectivity index (χ2v) is 7.13. The summed E-state index contributed by atoms with van der Waals surface area (Å²) >= 11 is 0. The van der Waals surface area contributed by atoms with Crippen molar-refractivity contribution in [3.63, 3.8) is 0 Å². The number of carbonyl (C=O) groups excluding carboxylic acids is 2. The van der Waals surface area contributed by atoms with Crippen molar-refractivity contribution in [2.24, 2.45) is 5.14 Å². The lowest BCUT2D eigenvalue weighted by molar-refractivity contribution is -0.158.